The molecule has 0 heterocycles. The molecule has 0 fully saturated rings. The van der Waals surface area contributed by atoms with Crippen LogP contribution >= 0.6 is 0 Å². The molecule has 2 nitrogen and oxygen atoms in total. The maximum atomic E-state index is 8.41. The summed E-state index contributed by atoms with van der Waals surface area (Å²) in [5, 5.41) is 8.41. The average Bonchev–Trinajstić information content (AvgIpc) is 1.78. The number of rotatable bonds is 4. The van der Waals surface area contributed by atoms with Gasteiger partial charge in [-0.25, -0.2) is 0 Å². The maximum absolute atomic E-state index is 8.41. The first-order valence-electron chi connectivity index (χ1n) is 3.61. The van der Waals surface area contributed by atoms with Crippen LogP contribution in [0.15, 0.2) is 12.2 Å². The van der Waals surface area contributed by atoms with E-state index in [-0.39, 0.29) is 12.1 Å². The minimum absolute atomic E-state index is 0.119. The van der Waals surface area contributed by atoms with Crippen LogP contribution in [0.25, 0.3) is 0 Å². The Hall–Kier alpha value is -0.340. The van der Waals surface area contributed by atoms with Crippen LogP contribution in [0, 0.1) is 0 Å². The molecule has 0 atom stereocenters. The number of aliphatic hydroxyl groups excluding tert-OH is 1. The lowest BCUT2D eigenvalue weighted by atomic mass is 10.0. The van der Waals surface area contributed by atoms with Gasteiger partial charge in [-0.3, -0.25) is 0 Å². The third-order valence-electron chi connectivity index (χ3n) is 1.11. The van der Waals surface area contributed by atoms with Gasteiger partial charge in [0.2, 0.25) is 0 Å². The molecule has 0 aliphatic heterocycles. The third-order valence-corrected chi connectivity index (χ3v) is 1.11. The third kappa shape index (κ3) is 7.66. The van der Waals surface area contributed by atoms with Crippen LogP contribution in [-0.2, 0) is 0 Å². The summed E-state index contributed by atoms with van der Waals surface area (Å²) >= 11 is 0. The van der Waals surface area contributed by atoms with Crippen molar-refractivity contribution in [3.05, 3.63) is 12.2 Å². The van der Waals surface area contributed by atoms with E-state index in [0.717, 1.165) is 12.8 Å². The average molecular weight is 143 g/mol. The Bertz CT molecular complexity index is 102. The molecule has 0 unspecified atom stereocenters. The lowest BCUT2D eigenvalue weighted by Crippen LogP contribution is -2.30. The summed E-state index contributed by atoms with van der Waals surface area (Å²) < 4.78 is 0. The molecule has 0 saturated carbocycles. The fraction of sp³-hybridized carbons (Fsp3) is 0.750. The molecule has 0 aliphatic carbocycles. The highest BCUT2D eigenvalue weighted by Gasteiger charge is 2.05. The Kier molecular flexibility index (Phi) is 4.32. The van der Waals surface area contributed by atoms with Crippen LogP contribution in [0.4, 0.5) is 0 Å². The molecule has 3 N–H and O–H groups in total. The molecule has 10 heavy (non-hydrogen) atoms. The molecule has 0 aromatic rings. The molecule has 0 aromatic heterocycles. The van der Waals surface area contributed by atoms with E-state index < -0.39 is 0 Å². The van der Waals surface area contributed by atoms with Gasteiger partial charge in [0, 0.05) is 12.1 Å². The number of hydrogen-bond acceptors (Lipinski definition) is 2. The molecule has 0 saturated heterocycles. The lowest BCUT2D eigenvalue weighted by Gasteiger charge is -2.14. The molecule has 0 aromatic carbocycles. The summed E-state index contributed by atoms with van der Waals surface area (Å²) in [6, 6.07) is 0. The molecule has 0 bridgehead atoms. The highest BCUT2D eigenvalue weighted by atomic mass is 16.2. The van der Waals surface area contributed by atoms with Gasteiger partial charge in [0.15, 0.2) is 0 Å². The monoisotopic (exact) mass is 143 g/mol. The second-order valence-electron chi connectivity index (χ2n) is 3.18. The van der Waals surface area contributed by atoms with Gasteiger partial charge in [-0.1, -0.05) is 12.2 Å². The van der Waals surface area contributed by atoms with Crippen molar-refractivity contribution in [3.8, 4) is 0 Å². The van der Waals surface area contributed by atoms with E-state index in [4.69, 9.17) is 10.8 Å². The zero-order valence-electron chi connectivity index (χ0n) is 6.80. The Balaban J connectivity index is 3.34. The highest BCUT2D eigenvalue weighted by molar-refractivity contribution is 4.89. The molecular weight excluding hydrogens is 126 g/mol. The van der Waals surface area contributed by atoms with Crippen molar-refractivity contribution in [2.24, 2.45) is 5.73 Å². The van der Waals surface area contributed by atoms with Gasteiger partial charge in [0.25, 0.3) is 0 Å². The summed E-state index contributed by atoms with van der Waals surface area (Å²) in [5.41, 5.74) is 5.58. The van der Waals surface area contributed by atoms with Gasteiger partial charge in [-0.2, -0.15) is 0 Å². The summed E-state index contributed by atoms with van der Waals surface area (Å²) in [6.45, 7) is 4.19. The topological polar surface area (TPSA) is 46.2 Å². The van der Waals surface area contributed by atoms with Crippen molar-refractivity contribution >= 4 is 0 Å². The largest absolute Gasteiger partial charge is 0.396 e. The second-order valence-corrected chi connectivity index (χ2v) is 3.18. The molecule has 0 spiro atoms. The Labute approximate surface area is 62.7 Å². The van der Waals surface area contributed by atoms with Gasteiger partial charge in [-0.15, -0.1) is 0 Å². The van der Waals surface area contributed by atoms with Gasteiger partial charge < -0.3 is 10.8 Å². The van der Waals surface area contributed by atoms with Crippen LogP contribution in [0.3, 0.4) is 0 Å². The summed E-state index contributed by atoms with van der Waals surface area (Å²) in [7, 11) is 0. The molecule has 0 rings (SSSR count). The van der Waals surface area contributed by atoms with Crippen molar-refractivity contribution < 1.29 is 5.11 Å². The molecule has 0 amide bonds. The lowest BCUT2D eigenvalue weighted by molar-refractivity contribution is 0.302. The smallest absolute Gasteiger partial charge is 0.0465 e. The van der Waals surface area contributed by atoms with Gasteiger partial charge in [0.1, 0.15) is 0 Å². The first-order chi connectivity index (χ1) is 4.56. The van der Waals surface area contributed by atoms with E-state index >= 15 is 0 Å². The first kappa shape index (κ1) is 9.66. The minimum Gasteiger partial charge on any atom is -0.396 e. The van der Waals surface area contributed by atoms with Crippen molar-refractivity contribution in [1.29, 1.82) is 0 Å². The molecule has 0 radical (unpaired) electrons. The fourth-order valence-corrected chi connectivity index (χ4v) is 0.579. The van der Waals surface area contributed by atoms with E-state index in [9.17, 15) is 0 Å². The highest BCUT2D eigenvalue weighted by Crippen LogP contribution is 2.03. The van der Waals surface area contributed by atoms with Crippen molar-refractivity contribution in [2.75, 3.05) is 6.61 Å². The van der Waals surface area contributed by atoms with E-state index in [1.54, 1.807) is 0 Å². The SMILES string of the molecule is CC(C)(N)C/C=C\CCO. The molecule has 0 aliphatic rings. The van der Waals surface area contributed by atoms with Crippen molar-refractivity contribution in [2.45, 2.75) is 32.2 Å². The van der Waals surface area contributed by atoms with Gasteiger partial charge >= 0.3 is 0 Å². The molecular formula is C8H17NO. The van der Waals surface area contributed by atoms with Crippen LogP contribution in [0.2, 0.25) is 0 Å². The molecule has 2 heteroatoms. The zero-order chi connectivity index (χ0) is 8.04. The quantitative estimate of drug-likeness (QED) is 0.578. The predicted octanol–water partition coefficient (Wildman–Crippen LogP) is 1.05. The number of aliphatic hydroxyl groups is 1. The van der Waals surface area contributed by atoms with Gasteiger partial charge in [-0.05, 0) is 26.7 Å². The predicted molar refractivity (Wildman–Crippen MR) is 43.7 cm³/mol. The Morgan fingerprint density at radius 2 is 2.00 bits per heavy atom. The summed E-state index contributed by atoms with van der Waals surface area (Å²) in [5.74, 6) is 0. The number of hydrogen-bond donors (Lipinski definition) is 2. The van der Waals surface area contributed by atoms with Gasteiger partial charge in [0.05, 0.1) is 0 Å². The summed E-state index contributed by atoms with van der Waals surface area (Å²) in [4.78, 5) is 0. The standard InChI is InChI=1S/C8H17NO/c1-8(2,9)6-4-3-5-7-10/h3-4,10H,5-7,9H2,1-2H3/b4-3-. The Morgan fingerprint density at radius 3 is 2.40 bits per heavy atom. The van der Waals surface area contributed by atoms with E-state index in [1.165, 1.54) is 0 Å². The fourth-order valence-electron chi connectivity index (χ4n) is 0.579. The normalized spacial score (nSPS) is 12.8. The van der Waals surface area contributed by atoms with Crippen molar-refractivity contribution in [3.63, 3.8) is 0 Å². The van der Waals surface area contributed by atoms with Crippen LogP contribution in [0.5, 0.6) is 0 Å². The van der Waals surface area contributed by atoms with Crippen LogP contribution in [0.1, 0.15) is 26.7 Å². The Morgan fingerprint density at radius 1 is 1.40 bits per heavy atom. The maximum Gasteiger partial charge on any atom is 0.0465 e. The first-order valence-corrected chi connectivity index (χ1v) is 3.61. The summed E-state index contributed by atoms with van der Waals surface area (Å²) in [6.07, 6.45) is 5.56. The van der Waals surface area contributed by atoms with E-state index in [1.807, 2.05) is 26.0 Å². The van der Waals surface area contributed by atoms with Crippen molar-refractivity contribution in [1.82, 2.24) is 0 Å². The van der Waals surface area contributed by atoms with E-state index in [2.05, 4.69) is 0 Å². The van der Waals surface area contributed by atoms with Crippen LogP contribution in [-0.4, -0.2) is 17.3 Å². The molecule has 60 valence electrons. The van der Waals surface area contributed by atoms with E-state index in [0.29, 0.717) is 0 Å². The zero-order valence-corrected chi connectivity index (χ0v) is 6.80. The van der Waals surface area contributed by atoms with Crippen LogP contribution < -0.4 is 5.73 Å². The second kappa shape index (κ2) is 4.47. The number of nitrogens with two attached hydrogens (primary N) is 1. The minimum atomic E-state index is -0.119.